The second kappa shape index (κ2) is 14.2. The Bertz CT molecular complexity index is 2640. The van der Waals surface area contributed by atoms with Crippen LogP contribution in [0.15, 0.2) is 65.6 Å². The van der Waals surface area contributed by atoms with Crippen molar-refractivity contribution >= 4 is 45.8 Å². The molecule has 4 aromatic heterocycles. The number of rotatable bonds is 5. The van der Waals surface area contributed by atoms with Gasteiger partial charge < -0.3 is 19.1 Å². The lowest BCUT2D eigenvalue weighted by Gasteiger charge is -2.33. The smallest absolute Gasteiger partial charge is 0.410 e. The number of amides is 2. The molecule has 2 aliphatic rings. The van der Waals surface area contributed by atoms with Crippen LogP contribution in [0.5, 0.6) is 0 Å². The molecule has 286 valence electrons. The van der Waals surface area contributed by atoms with E-state index in [1.165, 1.54) is 6.07 Å². The van der Waals surface area contributed by atoms with Crippen LogP contribution < -0.4 is 5.69 Å². The first-order valence-corrected chi connectivity index (χ1v) is 18.9. The van der Waals surface area contributed by atoms with Gasteiger partial charge in [0, 0.05) is 54.1 Å². The van der Waals surface area contributed by atoms with Crippen molar-refractivity contribution < 1.29 is 18.7 Å². The molecule has 0 radical (unpaired) electrons. The second-order valence-electron chi connectivity index (χ2n) is 15.3. The molecule has 0 spiro atoms. The summed E-state index contributed by atoms with van der Waals surface area (Å²) in [7, 11) is 0. The van der Waals surface area contributed by atoms with Crippen molar-refractivity contribution in [2.24, 2.45) is 0 Å². The van der Waals surface area contributed by atoms with Crippen molar-refractivity contribution in [1.82, 2.24) is 38.5 Å². The number of carbonyl (C=O) groups excluding carboxylic acids is 2. The Morgan fingerprint density at radius 3 is 2.46 bits per heavy atom. The van der Waals surface area contributed by atoms with E-state index in [1.54, 1.807) is 68.5 Å². The highest BCUT2D eigenvalue weighted by Gasteiger charge is 2.32. The number of pyridine rings is 1. The Balaban J connectivity index is 1.07. The van der Waals surface area contributed by atoms with Crippen LogP contribution in [0, 0.1) is 24.1 Å². The summed E-state index contributed by atoms with van der Waals surface area (Å²) >= 11 is 6.33. The van der Waals surface area contributed by atoms with Gasteiger partial charge in [-0.3, -0.25) is 13.9 Å². The maximum absolute atomic E-state index is 15.1. The standard InChI is InChI=1S/C41H39ClFN9O4/c1-24-34-36(47-38(42)46-24)52(29-13-17-48(18-14-29)40(55)56-41(2,3)4)39(54)51(34)28-11-9-26(10-12-28)37(53)49-19-15-30-31-6-5-16-45-35(31)50(33(30)23-49)22-27-8-7-25(21-44)20-32(27)43/h5-12,16,20,29H,13-15,17-19,22-23H2,1-4H3. The number of nitriles is 1. The van der Waals surface area contributed by atoms with E-state index in [1.807, 2.05) is 43.5 Å². The first kappa shape index (κ1) is 36.9. The Kier molecular flexibility index (Phi) is 9.36. The molecule has 0 unspecified atom stereocenters. The van der Waals surface area contributed by atoms with E-state index in [0.29, 0.717) is 84.8 Å². The molecule has 6 aromatic rings. The molecule has 56 heavy (non-hydrogen) atoms. The lowest BCUT2D eigenvalue weighted by atomic mass is 10.0. The molecule has 6 heterocycles. The summed E-state index contributed by atoms with van der Waals surface area (Å²) < 4.78 is 25.8. The van der Waals surface area contributed by atoms with Crippen LogP contribution in [0.4, 0.5) is 9.18 Å². The van der Waals surface area contributed by atoms with Gasteiger partial charge in [0.2, 0.25) is 5.28 Å². The summed E-state index contributed by atoms with van der Waals surface area (Å²) in [5.41, 5.74) is 4.80. The average molecular weight is 776 g/mol. The van der Waals surface area contributed by atoms with Crippen LogP contribution in [0.3, 0.4) is 0 Å². The number of aryl methyl sites for hydroxylation is 1. The van der Waals surface area contributed by atoms with Crippen molar-refractivity contribution in [3.63, 3.8) is 0 Å². The van der Waals surface area contributed by atoms with Gasteiger partial charge in [-0.25, -0.2) is 23.9 Å². The minimum atomic E-state index is -0.615. The Morgan fingerprint density at radius 1 is 1.02 bits per heavy atom. The average Bonchev–Trinajstić information content (AvgIpc) is 3.65. The van der Waals surface area contributed by atoms with Crippen LogP contribution in [0.1, 0.15) is 78.1 Å². The fourth-order valence-corrected chi connectivity index (χ4v) is 8.11. The van der Waals surface area contributed by atoms with Crippen molar-refractivity contribution in [2.45, 2.75) is 71.7 Å². The molecule has 0 bridgehead atoms. The van der Waals surface area contributed by atoms with Crippen LogP contribution >= 0.6 is 11.6 Å². The molecule has 0 aliphatic carbocycles. The van der Waals surface area contributed by atoms with E-state index in [2.05, 4.69) is 15.0 Å². The first-order valence-electron chi connectivity index (χ1n) is 18.5. The topological polar surface area (TPSA) is 144 Å². The highest BCUT2D eigenvalue weighted by atomic mass is 35.5. The van der Waals surface area contributed by atoms with Crippen LogP contribution in [-0.4, -0.2) is 75.7 Å². The molecule has 8 rings (SSSR count). The van der Waals surface area contributed by atoms with E-state index in [9.17, 15) is 19.6 Å². The van der Waals surface area contributed by atoms with Crippen LogP contribution in [0.2, 0.25) is 5.28 Å². The SMILES string of the molecule is Cc1nc(Cl)nc2c1n(-c1ccc(C(=O)N3CCc4c(n(Cc5ccc(C#N)cc5F)c5ncccc45)C3)cc1)c(=O)n2C1CCN(C(=O)OC(C)(C)C)CC1. The third-order valence-electron chi connectivity index (χ3n) is 10.5. The maximum atomic E-state index is 15.1. The lowest BCUT2D eigenvalue weighted by molar-refractivity contribution is 0.0188. The van der Waals surface area contributed by atoms with Crippen LogP contribution in [-0.2, 0) is 24.2 Å². The van der Waals surface area contributed by atoms with Crippen molar-refractivity contribution in [3.8, 4) is 11.8 Å². The highest BCUT2D eigenvalue weighted by Crippen LogP contribution is 2.33. The van der Waals surface area contributed by atoms with Gasteiger partial charge in [-0.15, -0.1) is 0 Å². The summed E-state index contributed by atoms with van der Waals surface area (Å²) in [6.45, 7) is 9.03. The normalized spacial score (nSPS) is 14.9. The predicted molar refractivity (Wildman–Crippen MR) is 207 cm³/mol. The molecule has 15 heteroatoms. The molecular formula is C41H39ClFN9O4. The van der Waals surface area contributed by atoms with Gasteiger partial charge in [0.1, 0.15) is 22.6 Å². The van der Waals surface area contributed by atoms with Gasteiger partial charge in [0.25, 0.3) is 5.91 Å². The zero-order valence-electron chi connectivity index (χ0n) is 31.4. The second-order valence-corrected chi connectivity index (χ2v) is 15.6. The summed E-state index contributed by atoms with van der Waals surface area (Å²) in [6, 6.07) is 16.9. The zero-order valence-corrected chi connectivity index (χ0v) is 32.2. The molecule has 1 fully saturated rings. The monoisotopic (exact) mass is 775 g/mol. The summed E-state index contributed by atoms with van der Waals surface area (Å²) in [4.78, 5) is 58.0. The number of hydrogen-bond donors (Lipinski definition) is 0. The Morgan fingerprint density at radius 2 is 1.77 bits per heavy atom. The highest BCUT2D eigenvalue weighted by molar-refractivity contribution is 6.28. The number of halogens is 2. The van der Waals surface area contributed by atoms with E-state index in [0.717, 1.165) is 16.6 Å². The van der Waals surface area contributed by atoms with Gasteiger partial charge in [0.15, 0.2) is 5.65 Å². The largest absolute Gasteiger partial charge is 0.444 e. The van der Waals surface area contributed by atoms with Crippen molar-refractivity contribution in [3.05, 3.63) is 116 Å². The third-order valence-corrected chi connectivity index (χ3v) is 10.7. The molecule has 2 aliphatic heterocycles. The molecule has 0 saturated carbocycles. The summed E-state index contributed by atoms with van der Waals surface area (Å²) in [5.74, 6) is -0.663. The minimum Gasteiger partial charge on any atom is -0.444 e. The number of nitrogens with zero attached hydrogens (tertiary/aromatic N) is 9. The molecule has 2 amide bonds. The molecule has 2 aromatic carbocycles. The van der Waals surface area contributed by atoms with Gasteiger partial charge in [-0.1, -0.05) is 6.07 Å². The number of aromatic nitrogens is 6. The Labute approximate surface area is 326 Å². The van der Waals surface area contributed by atoms with E-state index >= 15 is 4.39 Å². The fraction of sp³-hybridized carbons (Fsp3) is 0.341. The van der Waals surface area contributed by atoms with Crippen molar-refractivity contribution in [2.75, 3.05) is 19.6 Å². The van der Waals surface area contributed by atoms with Gasteiger partial charge in [0.05, 0.1) is 36.1 Å². The number of likely N-dealkylation sites (tertiary alicyclic amines) is 1. The predicted octanol–water partition coefficient (Wildman–Crippen LogP) is 6.72. The number of imidazole rings is 1. The number of piperidine rings is 1. The van der Waals surface area contributed by atoms with Crippen molar-refractivity contribution in [1.29, 1.82) is 5.26 Å². The third kappa shape index (κ3) is 6.66. The number of hydrogen-bond acceptors (Lipinski definition) is 8. The van der Waals surface area contributed by atoms with E-state index in [4.69, 9.17) is 16.3 Å². The quantitative estimate of drug-likeness (QED) is 0.176. The first-order chi connectivity index (χ1) is 26.8. The molecule has 1 saturated heterocycles. The molecule has 0 N–H and O–H groups in total. The number of ether oxygens (including phenoxy) is 1. The Hall–Kier alpha value is -6.07. The summed E-state index contributed by atoms with van der Waals surface area (Å²) in [5, 5.41) is 10.2. The van der Waals surface area contributed by atoms with E-state index in [-0.39, 0.29) is 41.1 Å². The van der Waals surface area contributed by atoms with Gasteiger partial charge >= 0.3 is 11.8 Å². The number of fused-ring (bicyclic) bond motifs is 4. The maximum Gasteiger partial charge on any atom is 0.410 e. The fourth-order valence-electron chi connectivity index (χ4n) is 7.90. The minimum absolute atomic E-state index is 0.0228. The molecular weight excluding hydrogens is 737 g/mol. The summed E-state index contributed by atoms with van der Waals surface area (Å²) in [6.07, 6.45) is 2.94. The molecule has 13 nitrogen and oxygen atoms in total. The van der Waals surface area contributed by atoms with E-state index < -0.39 is 11.4 Å². The number of carbonyl (C=O) groups is 2. The van der Waals surface area contributed by atoms with Gasteiger partial charge in [-0.2, -0.15) is 10.2 Å². The lowest BCUT2D eigenvalue weighted by Crippen LogP contribution is -2.43. The zero-order chi connectivity index (χ0) is 39.5. The number of benzene rings is 2. The van der Waals surface area contributed by atoms with Crippen LogP contribution in [0.25, 0.3) is 27.9 Å². The van der Waals surface area contributed by atoms with Gasteiger partial charge in [-0.05, 0) is 113 Å². The molecule has 0 atom stereocenters.